The van der Waals surface area contributed by atoms with E-state index in [1.807, 2.05) is 0 Å². The minimum atomic E-state index is -3.65. The van der Waals surface area contributed by atoms with E-state index in [4.69, 9.17) is 0 Å². The summed E-state index contributed by atoms with van der Waals surface area (Å²) in [4.78, 5) is 21.6. The number of methoxy groups -OCH3 is 2. The van der Waals surface area contributed by atoms with Gasteiger partial charge in [0.1, 0.15) is 5.75 Å². The third-order valence-electron chi connectivity index (χ3n) is 1.84. The molecule has 0 amide bonds. The molecule has 0 aliphatic rings. The molecule has 1 atom stereocenters. The van der Waals surface area contributed by atoms with Crippen molar-refractivity contribution >= 4 is 21.8 Å². The van der Waals surface area contributed by atoms with Gasteiger partial charge in [-0.25, -0.2) is 8.42 Å². The first-order valence-corrected chi connectivity index (χ1v) is 5.90. The molecule has 0 spiro atoms. The van der Waals surface area contributed by atoms with E-state index in [0.717, 1.165) is 7.11 Å². The normalized spacial score (nSPS) is 13.0. The van der Waals surface area contributed by atoms with Gasteiger partial charge < -0.3 is 9.47 Å². The van der Waals surface area contributed by atoms with Crippen LogP contribution in [0.4, 0.5) is 0 Å². The highest BCUT2D eigenvalue weighted by atomic mass is 32.2. The summed E-state index contributed by atoms with van der Waals surface area (Å²) in [5.74, 6) is -2.19. The highest BCUT2D eigenvalue weighted by molar-refractivity contribution is 7.92. The summed E-state index contributed by atoms with van der Waals surface area (Å²) in [6.07, 6.45) is -0.268. The molecule has 0 N–H and O–H groups in total. The molecule has 0 heterocycles. The molecule has 15 heavy (non-hydrogen) atoms. The molecule has 1 unspecified atom stereocenters. The number of ether oxygens (including phenoxy) is 2. The van der Waals surface area contributed by atoms with Crippen LogP contribution in [0.3, 0.4) is 0 Å². The fourth-order valence-corrected chi connectivity index (χ4v) is 1.93. The first-order valence-electron chi connectivity index (χ1n) is 4.18. The Labute approximate surface area is 88.5 Å². The number of rotatable bonds is 5. The van der Waals surface area contributed by atoms with Gasteiger partial charge in [0.2, 0.25) is 0 Å². The van der Waals surface area contributed by atoms with Crippen LogP contribution in [0.25, 0.3) is 0 Å². The van der Waals surface area contributed by atoms with Crippen LogP contribution in [0, 0.1) is 0 Å². The van der Waals surface area contributed by atoms with Crippen molar-refractivity contribution in [1.82, 2.24) is 0 Å². The Bertz CT molecular complexity index is 331. The van der Waals surface area contributed by atoms with Gasteiger partial charge in [0, 0.05) is 0 Å². The lowest BCUT2D eigenvalue weighted by atomic mass is 10.3. The van der Waals surface area contributed by atoms with Crippen molar-refractivity contribution in [2.24, 2.45) is 0 Å². The zero-order chi connectivity index (χ0) is 12.1. The smallest absolute Gasteiger partial charge is 0.320 e. The van der Waals surface area contributed by atoms with E-state index in [1.165, 1.54) is 14.0 Å². The Kier molecular flexibility index (Phi) is 5.27. The second-order valence-electron chi connectivity index (χ2n) is 2.97. The van der Waals surface area contributed by atoms with Crippen molar-refractivity contribution in [3.05, 3.63) is 0 Å². The summed E-state index contributed by atoms with van der Waals surface area (Å²) in [6, 6.07) is 0. The Morgan fingerprint density at radius 2 is 1.60 bits per heavy atom. The third-order valence-corrected chi connectivity index (χ3v) is 3.87. The lowest BCUT2D eigenvalue weighted by molar-refractivity contribution is -0.141. The molecular formula is C8H14O6S. The molecule has 0 aromatic heterocycles. The van der Waals surface area contributed by atoms with Crippen LogP contribution in [0.5, 0.6) is 0 Å². The number of carbonyl (C=O) groups excluding carboxylic acids is 2. The van der Waals surface area contributed by atoms with Crippen LogP contribution in [-0.2, 0) is 28.9 Å². The molecule has 0 saturated carbocycles. The van der Waals surface area contributed by atoms with Gasteiger partial charge >= 0.3 is 11.9 Å². The van der Waals surface area contributed by atoms with Crippen molar-refractivity contribution in [3.63, 3.8) is 0 Å². The minimum absolute atomic E-state index is 0.268. The first kappa shape index (κ1) is 13.9. The summed E-state index contributed by atoms with van der Waals surface area (Å²) in [7, 11) is -1.38. The molecule has 0 aliphatic heterocycles. The van der Waals surface area contributed by atoms with Crippen molar-refractivity contribution in [3.8, 4) is 0 Å². The van der Waals surface area contributed by atoms with E-state index < -0.39 is 32.8 Å². The molecule has 0 aliphatic carbocycles. The molecule has 7 heteroatoms. The van der Waals surface area contributed by atoms with Crippen LogP contribution in [-0.4, -0.2) is 45.6 Å². The quantitative estimate of drug-likeness (QED) is 0.601. The predicted octanol–water partition coefficient (Wildman–Crippen LogP) is -0.474. The topological polar surface area (TPSA) is 86.7 Å². The van der Waals surface area contributed by atoms with Gasteiger partial charge in [-0.15, -0.1) is 0 Å². The molecule has 0 aromatic carbocycles. The maximum atomic E-state index is 11.4. The van der Waals surface area contributed by atoms with E-state index in [9.17, 15) is 18.0 Å². The predicted molar refractivity (Wildman–Crippen MR) is 51.9 cm³/mol. The van der Waals surface area contributed by atoms with Gasteiger partial charge in [-0.1, -0.05) is 0 Å². The fourth-order valence-electron chi connectivity index (χ4n) is 0.810. The summed E-state index contributed by atoms with van der Waals surface area (Å²) in [6.45, 7) is 1.34. The summed E-state index contributed by atoms with van der Waals surface area (Å²) >= 11 is 0. The van der Waals surface area contributed by atoms with Gasteiger partial charge in [-0.05, 0) is 6.92 Å². The van der Waals surface area contributed by atoms with Gasteiger partial charge in [0.05, 0.1) is 25.9 Å². The van der Waals surface area contributed by atoms with E-state index in [2.05, 4.69) is 9.47 Å². The third kappa shape index (κ3) is 4.78. The van der Waals surface area contributed by atoms with E-state index in [-0.39, 0.29) is 6.42 Å². The number of carbonyl (C=O) groups is 2. The molecule has 0 fully saturated rings. The second kappa shape index (κ2) is 5.69. The molecular weight excluding hydrogens is 224 g/mol. The number of sulfone groups is 1. The number of esters is 2. The minimum Gasteiger partial charge on any atom is -0.469 e. The van der Waals surface area contributed by atoms with E-state index >= 15 is 0 Å². The standard InChI is InChI=1S/C8H14O6S/c1-6(4-7(9)13-2)15(11,12)5-8(10)14-3/h6H,4-5H2,1-3H3. The Morgan fingerprint density at radius 3 is 2.00 bits per heavy atom. The van der Waals surface area contributed by atoms with E-state index in [0.29, 0.717) is 0 Å². The zero-order valence-electron chi connectivity index (χ0n) is 8.85. The van der Waals surface area contributed by atoms with Crippen molar-refractivity contribution in [2.45, 2.75) is 18.6 Å². The largest absolute Gasteiger partial charge is 0.469 e. The van der Waals surface area contributed by atoms with Crippen molar-refractivity contribution in [2.75, 3.05) is 20.0 Å². The lowest BCUT2D eigenvalue weighted by Gasteiger charge is -2.10. The van der Waals surface area contributed by atoms with Crippen molar-refractivity contribution < 1.29 is 27.5 Å². The maximum absolute atomic E-state index is 11.4. The highest BCUT2D eigenvalue weighted by Gasteiger charge is 2.27. The summed E-state index contributed by atoms with van der Waals surface area (Å²) < 4.78 is 31.4. The molecule has 0 radical (unpaired) electrons. The highest BCUT2D eigenvalue weighted by Crippen LogP contribution is 2.07. The van der Waals surface area contributed by atoms with Crippen LogP contribution >= 0.6 is 0 Å². The van der Waals surface area contributed by atoms with Crippen molar-refractivity contribution in [1.29, 1.82) is 0 Å². The van der Waals surface area contributed by atoms with E-state index in [1.54, 1.807) is 0 Å². The van der Waals surface area contributed by atoms with Gasteiger partial charge in [0.25, 0.3) is 0 Å². The van der Waals surface area contributed by atoms with Gasteiger partial charge in [-0.3, -0.25) is 9.59 Å². The molecule has 0 aromatic rings. The average Bonchev–Trinajstić information content (AvgIpc) is 2.16. The Hall–Kier alpha value is -1.11. The maximum Gasteiger partial charge on any atom is 0.320 e. The monoisotopic (exact) mass is 238 g/mol. The van der Waals surface area contributed by atoms with Gasteiger partial charge in [0.15, 0.2) is 9.84 Å². The molecule has 0 saturated heterocycles. The van der Waals surface area contributed by atoms with Crippen LogP contribution in [0.1, 0.15) is 13.3 Å². The first-order chi connectivity index (χ1) is 6.83. The summed E-state index contributed by atoms with van der Waals surface area (Å²) in [5.41, 5.74) is 0. The number of hydrogen-bond donors (Lipinski definition) is 0. The van der Waals surface area contributed by atoms with Crippen LogP contribution < -0.4 is 0 Å². The molecule has 88 valence electrons. The lowest BCUT2D eigenvalue weighted by Crippen LogP contribution is -2.28. The number of hydrogen-bond acceptors (Lipinski definition) is 6. The Balaban J connectivity index is 4.46. The molecule has 6 nitrogen and oxygen atoms in total. The van der Waals surface area contributed by atoms with Crippen LogP contribution in [0.15, 0.2) is 0 Å². The fraction of sp³-hybridized carbons (Fsp3) is 0.750. The molecule has 0 rings (SSSR count). The SMILES string of the molecule is COC(=O)CC(C)S(=O)(=O)CC(=O)OC. The molecule has 0 bridgehead atoms. The van der Waals surface area contributed by atoms with Crippen LogP contribution in [0.2, 0.25) is 0 Å². The summed E-state index contributed by atoms with van der Waals surface area (Å²) in [5, 5.41) is -0.955. The second-order valence-corrected chi connectivity index (χ2v) is 5.39. The van der Waals surface area contributed by atoms with Gasteiger partial charge in [-0.2, -0.15) is 0 Å². The zero-order valence-corrected chi connectivity index (χ0v) is 9.67. The Morgan fingerprint density at radius 1 is 1.13 bits per heavy atom. The average molecular weight is 238 g/mol.